The van der Waals surface area contributed by atoms with Gasteiger partial charge in [-0.05, 0) is 55.0 Å². The van der Waals surface area contributed by atoms with Crippen LogP contribution >= 0.6 is 23.4 Å². The summed E-state index contributed by atoms with van der Waals surface area (Å²) in [6.07, 6.45) is 1.59. The minimum absolute atomic E-state index is 0.0858. The molecule has 2 aromatic carbocycles. The maximum absolute atomic E-state index is 13.2. The summed E-state index contributed by atoms with van der Waals surface area (Å²) in [5, 5.41) is 1.27. The molecule has 0 atom stereocenters. The molecule has 0 aliphatic carbocycles. The number of carbonyl (C=O) groups is 2. The van der Waals surface area contributed by atoms with Crippen molar-refractivity contribution in [2.24, 2.45) is 0 Å². The van der Waals surface area contributed by atoms with Crippen LogP contribution < -0.4 is 16.4 Å². The van der Waals surface area contributed by atoms with Crippen LogP contribution in [-0.4, -0.2) is 32.1 Å². The molecule has 166 valence electrons. The molecule has 4 rings (SSSR count). The summed E-state index contributed by atoms with van der Waals surface area (Å²) in [4.78, 5) is 46.7. The van der Waals surface area contributed by atoms with Gasteiger partial charge < -0.3 is 0 Å². The summed E-state index contributed by atoms with van der Waals surface area (Å²) < 4.78 is 1.40. The maximum atomic E-state index is 13.2. The van der Waals surface area contributed by atoms with Gasteiger partial charge in [-0.3, -0.25) is 25.2 Å². The molecule has 0 unspecified atom stereocenters. The lowest BCUT2D eigenvalue weighted by atomic mass is 10.2. The Bertz CT molecular complexity index is 1410. The summed E-state index contributed by atoms with van der Waals surface area (Å²) in [5.74, 6) is -0.582. The highest BCUT2D eigenvalue weighted by molar-refractivity contribution is 7.99. The first kappa shape index (κ1) is 22.5. The number of aryl methyl sites for hydroxylation is 1. The molecule has 0 spiro atoms. The minimum atomic E-state index is -0.477. The van der Waals surface area contributed by atoms with Crippen molar-refractivity contribution in [1.82, 2.24) is 25.4 Å². The molecule has 33 heavy (non-hydrogen) atoms. The number of carbonyl (C=O) groups excluding carboxylic acids is 2. The first-order valence-electron chi connectivity index (χ1n) is 9.85. The lowest BCUT2D eigenvalue weighted by Crippen LogP contribution is -2.42. The number of benzene rings is 2. The van der Waals surface area contributed by atoms with Crippen molar-refractivity contribution in [2.45, 2.75) is 12.1 Å². The van der Waals surface area contributed by atoms with E-state index in [1.54, 1.807) is 60.8 Å². The third-order valence-corrected chi connectivity index (χ3v) is 5.88. The zero-order chi connectivity index (χ0) is 23.4. The standard InChI is InChI=1S/C23H18ClN5O3S/c1-14-5-4-12-25-20(14)29-22(32)17-6-2-3-7-18(17)26-23(29)33-13-19(30)27-28-21(31)15-8-10-16(24)11-9-15/h2-12H,13H2,1H3,(H,27,30)(H,28,31). The van der Waals surface area contributed by atoms with Gasteiger partial charge in [-0.2, -0.15) is 0 Å². The van der Waals surface area contributed by atoms with Crippen molar-refractivity contribution >= 4 is 46.1 Å². The highest BCUT2D eigenvalue weighted by Gasteiger charge is 2.17. The summed E-state index contributed by atoms with van der Waals surface area (Å²) >= 11 is 6.89. The smallest absolute Gasteiger partial charge is 0.269 e. The summed E-state index contributed by atoms with van der Waals surface area (Å²) in [7, 11) is 0. The van der Waals surface area contributed by atoms with Gasteiger partial charge in [0.1, 0.15) is 5.82 Å². The number of halogens is 1. The quantitative estimate of drug-likeness (QED) is 0.258. The zero-order valence-corrected chi connectivity index (χ0v) is 19.0. The Labute approximate surface area is 198 Å². The van der Waals surface area contributed by atoms with E-state index in [2.05, 4.69) is 20.8 Å². The molecule has 0 saturated heterocycles. The van der Waals surface area contributed by atoms with Gasteiger partial charge in [0.15, 0.2) is 5.16 Å². The lowest BCUT2D eigenvalue weighted by molar-refractivity contribution is -0.119. The molecule has 0 saturated carbocycles. The summed E-state index contributed by atoms with van der Waals surface area (Å²) in [5.41, 5.74) is 6.10. The molecule has 2 amide bonds. The predicted octanol–water partition coefficient (Wildman–Crippen LogP) is 3.30. The number of nitrogens with one attached hydrogen (secondary N) is 2. The van der Waals surface area contributed by atoms with E-state index in [0.717, 1.165) is 17.3 Å². The van der Waals surface area contributed by atoms with Gasteiger partial charge in [0, 0.05) is 16.8 Å². The number of rotatable bonds is 5. The topological polar surface area (TPSA) is 106 Å². The van der Waals surface area contributed by atoms with Crippen LogP contribution in [0.3, 0.4) is 0 Å². The molecular formula is C23H18ClN5O3S. The third kappa shape index (κ3) is 5.05. The number of nitrogens with zero attached hydrogens (tertiary/aromatic N) is 3. The van der Waals surface area contributed by atoms with Gasteiger partial charge in [0.05, 0.1) is 16.7 Å². The highest BCUT2D eigenvalue weighted by Crippen LogP contribution is 2.21. The molecular weight excluding hydrogens is 462 g/mol. The van der Waals surface area contributed by atoms with E-state index in [-0.39, 0.29) is 11.3 Å². The van der Waals surface area contributed by atoms with Crippen LogP contribution in [0.1, 0.15) is 15.9 Å². The third-order valence-electron chi connectivity index (χ3n) is 4.69. The molecule has 2 heterocycles. The molecule has 2 aromatic heterocycles. The Morgan fingerprint density at radius 2 is 1.79 bits per heavy atom. The number of para-hydroxylation sites is 1. The van der Waals surface area contributed by atoms with Crippen molar-refractivity contribution in [1.29, 1.82) is 0 Å². The van der Waals surface area contributed by atoms with Crippen molar-refractivity contribution in [3.8, 4) is 5.82 Å². The predicted molar refractivity (Wildman–Crippen MR) is 128 cm³/mol. The van der Waals surface area contributed by atoms with Crippen molar-refractivity contribution < 1.29 is 9.59 Å². The fraction of sp³-hybridized carbons (Fsp3) is 0.0870. The van der Waals surface area contributed by atoms with E-state index < -0.39 is 11.8 Å². The van der Waals surface area contributed by atoms with Crippen LogP contribution in [0.15, 0.2) is 76.8 Å². The van der Waals surface area contributed by atoms with Crippen LogP contribution in [0.25, 0.3) is 16.7 Å². The summed E-state index contributed by atoms with van der Waals surface area (Å²) in [6.45, 7) is 1.84. The minimum Gasteiger partial charge on any atom is -0.272 e. The van der Waals surface area contributed by atoms with Gasteiger partial charge in [0.25, 0.3) is 11.5 Å². The maximum Gasteiger partial charge on any atom is 0.269 e. The van der Waals surface area contributed by atoms with Gasteiger partial charge in [0.2, 0.25) is 5.91 Å². The molecule has 2 N–H and O–H groups in total. The first-order chi connectivity index (χ1) is 15.9. The molecule has 0 aliphatic rings. The van der Waals surface area contributed by atoms with Crippen molar-refractivity contribution in [2.75, 3.05) is 5.75 Å². The monoisotopic (exact) mass is 479 g/mol. The molecule has 10 heteroatoms. The molecule has 0 bridgehead atoms. The zero-order valence-electron chi connectivity index (χ0n) is 17.4. The summed E-state index contributed by atoms with van der Waals surface area (Å²) in [6, 6.07) is 16.9. The van der Waals surface area contributed by atoms with Gasteiger partial charge in [-0.15, -0.1) is 0 Å². The van der Waals surface area contributed by atoms with Crippen LogP contribution in [0.2, 0.25) is 5.02 Å². The van der Waals surface area contributed by atoms with Gasteiger partial charge in [-0.25, -0.2) is 14.5 Å². The molecule has 8 nitrogen and oxygen atoms in total. The number of thioether (sulfide) groups is 1. The SMILES string of the molecule is Cc1cccnc1-n1c(SCC(=O)NNC(=O)c2ccc(Cl)cc2)nc2ccccc2c1=O. The Morgan fingerprint density at radius 1 is 1.03 bits per heavy atom. The Morgan fingerprint density at radius 3 is 2.55 bits per heavy atom. The second kappa shape index (κ2) is 9.85. The Balaban J connectivity index is 1.54. The van der Waals surface area contributed by atoms with E-state index >= 15 is 0 Å². The Kier molecular flexibility index (Phi) is 6.71. The van der Waals surface area contributed by atoms with Crippen molar-refractivity contribution in [3.05, 3.63) is 93.4 Å². The first-order valence-corrected chi connectivity index (χ1v) is 11.2. The fourth-order valence-corrected chi connectivity index (χ4v) is 3.99. The van der Waals surface area contributed by atoms with Crippen LogP contribution in [0.4, 0.5) is 0 Å². The molecule has 0 fully saturated rings. The number of hydrogen-bond donors (Lipinski definition) is 2. The average Bonchev–Trinajstić information content (AvgIpc) is 2.82. The number of aromatic nitrogens is 3. The van der Waals surface area contributed by atoms with E-state index in [1.165, 1.54) is 4.57 Å². The van der Waals surface area contributed by atoms with Crippen molar-refractivity contribution in [3.63, 3.8) is 0 Å². The second-order valence-corrected chi connectivity index (χ2v) is 8.37. The number of fused-ring (bicyclic) bond motifs is 1. The number of hydrazine groups is 1. The molecule has 4 aromatic rings. The number of pyridine rings is 1. The van der Waals surface area contributed by atoms with Crippen LogP contribution in [-0.2, 0) is 4.79 Å². The number of amides is 2. The van der Waals surface area contributed by atoms with Crippen LogP contribution in [0.5, 0.6) is 0 Å². The van der Waals surface area contributed by atoms with E-state index in [0.29, 0.717) is 32.5 Å². The van der Waals surface area contributed by atoms with Gasteiger partial charge >= 0.3 is 0 Å². The van der Waals surface area contributed by atoms with E-state index in [9.17, 15) is 14.4 Å². The highest BCUT2D eigenvalue weighted by atomic mass is 35.5. The van der Waals surface area contributed by atoms with Gasteiger partial charge in [-0.1, -0.05) is 41.6 Å². The van der Waals surface area contributed by atoms with E-state index in [4.69, 9.17) is 11.6 Å². The largest absolute Gasteiger partial charge is 0.272 e. The second-order valence-electron chi connectivity index (χ2n) is 6.99. The molecule has 0 aliphatic heterocycles. The average molecular weight is 480 g/mol. The van der Waals surface area contributed by atoms with Crippen LogP contribution in [0, 0.1) is 6.92 Å². The van der Waals surface area contributed by atoms with E-state index in [1.807, 2.05) is 13.0 Å². The fourth-order valence-electron chi connectivity index (χ4n) is 3.07. The number of hydrogen-bond acceptors (Lipinski definition) is 6. The Hall–Kier alpha value is -3.69. The molecule has 0 radical (unpaired) electrons. The normalized spacial score (nSPS) is 10.7. The lowest BCUT2D eigenvalue weighted by Gasteiger charge is -2.14.